The van der Waals surface area contributed by atoms with Crippen molar-refractivity contribution in [2.45, 2.75) is 18.7 Å². The molecule has 0 aliphatic heterocycles. The summed E-state index contributed by atoms with van der Waals surface area (Å²) in [5.41, 5.74) is 1.87. The third-order valence-electron chi connectivity index (χ3n) is 3.52. The van der Waals surface area contributed by atoms with Gasteiger partial charge in [0.15, 0.2) is 10.8 Å². The standard InChI is InChI=1S/C18H17ClN2O2S2/c1-12(14-5-2-3-6-15(14)19)20-17(22)11-24-9-13-10-25-18(21-13)16-7-4-8-23-16/h2-8,10,12H,9,11H2,1H3,(H,20,22)/t12-/m1/s1. The Morgan fingerprint density at radius 2 is 2.20 bits per heavy atom. The summed E-state index contributed by atoms with van der Waals surface area (Å²) < 4.78 is 5.34. The highest BCUT2D eigenvalue weighted by Gasteiger charge is 2.13. The lowest BCUT2D eigenvalue weighted by atomic mass is 10.1. The Bertz CT molecular complexity index is 833. The van der Waals surface area contributed by atoms with E-state index in [0.29, 0.717) is 16.5 Å². The summed E-state index contributed by atoms with van der Waals surface area (Å²) in [4.78, 5) is 16.6. The van der Waals surface area contributed by atoms with Crippen LogP contribution in [0.1, 0.15) is 24.2 Å². The Balaban J connectivity index is 1.46. The van der Waals surface area contributed by atoms with Gasteiger partial charge in [-0.1, -0.05) is 29.8 Å². The van der Waals surface area contributed by atoms with Gasteiger partial charge >= 0.3 is 0 Å². The molecule has 0 unspecified atom stereocenters. The largest absolute Gasteiger partial charge is 0.462 e. The zero-order valence-corrected chi connectivity index (χ0v) is 16.0. The van der Waals surface area contributed by atoms with E-state index in [9.17, 15) is 4.79 Å². The molecule has 0 saturated heterocycles. The summed E-state index contributed by atoms with van der Waals surface area (Å²) in [6, 6.07) is 11.2. The van der Waals surface area contributed by atoms with Crippen molar-refractivity contribution in [2.24, 2.45) is 0 Å². The lowest BCUT2D eigenvalue weighted by Crippen LogP contribution is -2.28. The minimum Gasteiger partial charge on any atom is -0.462 e. The highest BCUT2D eigenvalue weighted by atomic mass is 35.5. The maximum absolute atomic E-state index is 12.1. The molecule has 7 heteroatoms. The molecule has 0 radical (unpaired) electrons. The summed E-state index contributed by atoms with van der Waals surface area (Å²) in [7, 11) is 0. The van der Waals surface area contributed by atoms with Crippen molar-refractivity contribution in [3.8, 4) is 10.8 Å². The fourth-order valence-corrected chi connectivity index (χ4v) is 4.24. The lowest BCUT2D eigenvalue weighted by molar-refractivity contribution is -0.119. The van der Waals surface area contributed by atoms with E-state index in [0.717, 1.165) is 22.0 Å². The maximum atomic E-state index is 12.1. The van der Waals surface area contributed by atoms with Gasteiger partial charge in [0.1, 0.15) is 0 Å². The molecule has 0 fully saturated rings. The second-order valence-corrected chi connectivity index (χ2v) is 7.68. The van der Waals surface area contributed by atoms with Crippen molar-refractivity contribution in [1.82, 2.24) is 10.3 Å². The van der Waals surface area contributed by atoms with Crippen molar-refractivity contribution in [2.75, 3.05) is 5.75 Å². The number of benzene rings is 1. The van der Waals surface area contributed by atoms with Crippen molar-refractivity contribution in [3.05, 3.63) is 64.3 Å². The van der Waals surface area contributed by atoms with E-state index in [4.69, 9.17) is 16.0 Å². The number of thioether (sulfide) groups is 1. The second kappa shape index (κ2) is 8.56. The first kappa shape index (κ1) is 18.0. The van der Waals surface area contributed by atoms with E-state index in [2.05, 4.69) is 10.3 Å². The molecule has 0 aliphatic carbocycles. The number of aromatic nitrogens is 1. The number of halogens is 1. The van der Waals surface area contributed by atoms with E-state index >= 15 is 0 Å². The zero-order chi connectivity index (χ0) is 17.6. The molecule has 4 nitrogen and oxygen atoms in total. The highest BCUT2D eigenvalue weighted by molar-refractivity contribution is 7.99. The molecule has 3 aromatic rings. The average molecular weight is 393 g/mol. The first-order valence-corrected chi connectivity index (χ1v) is 10.1. The molecule has 1 N–H and O–H groups in total. The number of furan rings is 1. The van der Waals surface area contributed by atoms with Gasteiger partial charge in [0, 0.05) is 16.2 Å². The van der Waals surface area contributed by atoms with Gasteiger partial charge in [-0.05, 0) is 30.7 Å². The van der Waals surface area contributed by atoms with E-state index < -0.39 is 0 Å². The van der Waals surface area contributed by atoms with Gasteiger partial charge in [-0.2, -0.15) is 0 Å². The van der Waals surface area contributed by atoms with E-state index in [-0.39, 0.29) is 11.9 Å². The minimum absolute atomic E-state index is 0.0149. The van der Waals surface area contributed by atoms with Gasteiger partial charge in [-0.15, -0.1) is 23.1 Å². The fraction of sp³-hybridized carbons (Fsp3) is 0.222. The molecule has 2 heterocycles. The van der Waals surface area contributed by atoms with Crippen LogP contribution < -0.4 is 5.32 Å². The number of carbonyl (C=O) groups is 1. The number of amides is 1. The van der Waals surface area contributed by atoms with Crippen LogP contribution in [0.4, 0.5) is 0 Å². The Hall–Kier alpha value is -1.76. The third kappa shape index (κ3) is 4.87. The molecule has 130 valence electrons. The van der Waals surface area contributed by atoms with Crippen molar-refractivity contribution in [3.63, 3.8) is 0 Å². The molecule has 1 atom stereocenters. The first-order chi connectivity index (χ1) is 12.1. The summed E-state index contributed by atoms with van der Waals surface area (Å²) in [6.45, 7) is 1.93. The van der Waals surface area contributed by atoms with Crippen LogP contribution in [0.5, 0.6) is 0 Å². The van der Waals surface area contributed by atoms with Crippen LogP contribution in [0, 0.1) is 0 Å². The maximum Gasteiger partial charge on any atom is 0.230 e. The quantitative estimate of drug-likeness (QED) is 0.602. The molecule has 0 saturated carbocycles. The molecule has 3 rings (SSSR count). The number of carbonyl (C=O) groups excluding carboxylic acids is 1. The highest BCUT2D eigenvalue weighted by Crippen LogP contribution is 2.26. The molecular weight excluding hydrogens is 376 g/mol. The average Bonchev–Trinajstić information content (AvgIpc) is 3.26. The summed E-state index contributed by atoms with van der Waals surface area (Å²) in [5, 5.41) is 6.49. The van der Waals surface area contributed by atoms with Crippen molar-refractivity contribution >= 4 is 40.6 Å². The Labute approximate surface area is 159 Å². The molecule has 1 amide bonds. The van der Waals surface area contributed by atoms with Crippen LogP contribution in [0.15, 0.2) is 52.5 Å². The van der Waals surface area contributed by atoms with Crippen LogP contribution in [0.3, 0.4) is 0 Å². The Morgan fingerprint density at radius 1 is 1.36 bits per heavy atom. The Kier molecular flexibility index (Phi) is 6.18. The molecule has 25 heavy (non-hydrogen) atoms. The smallest absolute Gasteiger partial charge is 0.230 e. The second-order valence-electron chi connectivity index (χ2n) is 5.42. The Morgan fingerprint density at radius 3 is 2.96 bits per heavy atom. The molecule has 1 aromatic carbocycles. The number of thiazole rings is 1. The normalized spacial score (nSPS) is 12.1. The number of nitrogens with one attached hydrogen (secondary N) is 1. The topological polar surface area (TPSA) is 55.1 Å². The zero-order valence-electron chi connectivity index (χ0n) is 13.6. The number of hydrogen-bond donors (Lipinski definition) is 1. The predicted octanol–water partition coefficient (Wildman–Crippen LogP) is 5.17. The van der Waals surface area contributed by atoms with Gasteiger partial charge in [0.25, 0.3) is 0 Å². The first-order valence-electron chi connectivity index (χ1n) is 7.73. The predicted molar refractivity (Wildman–Crippen MR) is 104 cm³/mol. The lowest BCUT2D eigenvalue weighted by Gasteiger charge is -2.15. The van der Waals surface area contributed by atoms with Crippen molar-refractivity contribution < 1.29 is 9.21 Å². The van der Waals surface area contributed by atoms with Crippen LogP contribution >= 0.6 is 34.7 Å². The number of rotatable bonds is 7. The van der Waals surface area contributed by atoms with Gasteiger partial charge in [-0.3, -0.25) is 4.79 Å². The van der Waals surface area contributed by atoms with Gasteiger partial charge in [0.2, 0.25) is 5.91 Å². The van der Waals surface area contributed by atoms with Crippen LogP contribution in [0.2, 0.25) is 5.02 Å². The minimum atomic E-state index is -0.119. The van der Waals surface area contributed by atoms with Crippen LogP contribution in [-0.4, -0.2) is 16.6 Å². The number of hydrogen-bond acceptors (Lipinski definition) is 5. The molecule has 2 aromatic heterocycles. The van der Waals surface area contributed by atoms with Gasteiger partial charge in [-0.25, -0.2) is 4.98 Å². The molecule has 0 bridgehead atoms. The van der Waals surface area contributed by atoms with Gasteiger partial charge < -0.3 is 9.73 Å². The summed E-state index contributed by atoms with van der Waals surface area (Å²) in [6.07, 6.45) is 1.63. The van der Waals surface area contributed by atoms with Crippen LogP contribution in [0.25, 0.3) is 10.8 Å². The summed E-state index contributed by atoms with van der Waals surface area (Å²) >= 11 is 9.24. The van der Waals surface area contributed by atoms with E-state index in [1.54, 1.807) is 17.6 Å². The van der Waals surface area contributed by atoms with Crippen molar-refractivity contribution in [1.29, 1.82) is 0 Å². The van der Waals surface area contributed by atoms with Gasteiger partial charge in [0.05, 0.1) is 23.8 Å². The molecule has 0 spiro atoms. The number of nitrogens with zero attached hydrogens (tertiary/aromatic N) is 1. The monoisotopic (exact) mass is 392 g/mol. The van der Waals surface area contributed by atoms with Crippen LogP contribution in [-0.2, 0) is 10.5 Å². The summed E-state index contributed by atoms with van der Waals surface area (Å²) in [5.74, 6) is 1.82. The SMILES string of the molecule is C[C@@H](NC(=O)CSCc1csc(-c2ccco2)n1)c1ccccc1Cl. The van der Waals surface area contributed by atoms with E-state index in [1.807, 2.05) is 48.7 Å². The third-order valence-corrected chi connectivity index (χ3v) is 5.73. The van der Waals surface area contributed by atoms with E-state index in [1.165, 1.54) is 11.8 Å². The molecule has 0 aliphatic rings. The molecular formula is C18H17ClN2O2S2. The fourth-order valence-electron chi connectivity index (χ4n) is 2.32.